The molecule has 19 heavy (non-hydrogen) atoms. The molecule has 4 heteroatoms. The number of hydrogen-bond acceptors (Lipinski definition) is 2. The molecule has 0 radical (unpaired) electrons. The maximum atomic E-state index is 12.1. The number of ether oxygens (including phenoxy) is 1. The first-order valence-corrected chi connectivity index (χ1v) is 7.30. The van der Waals surface area contributed by atoms with Crippen molar-refractivity contribution in [2.75, 3.05) is 17.8 Å². The molecule has 1 aromatic rings. The summed E-state index contributed by atoms with van der Waals surface area (Å²) in [6.45, 7) is 2.53. The van der Waals surface area contributed by atoms with Gasteiger partial charge in [-0.1, -0.05) is 12.1 Å². The van der Waals surface area contributed by atoms with Crippen LogP contribution in [-0.2, 0) is 16.0 Å². The van der Waals surface area contributed by atoms with Crippen LogP contribution in [0.2, 0.25) is 0 Å². The molecule has 1 heterocycles. The average molecular weight is 282 g/mol. The molecule has 0 spiro atoms. The van der Waals surface area contributed by atoms with E-state index in [4.69, 9.17) is 16.3 Å². The largest absolute Gasteiger partial charge is 0.378 e. The molecule has 0 saturated carbocycles. The number of alkyl halides is 1. The fourth-order valence-corrected chi connectivity index (χ4v) is 2.45. The summed E-state index contributed by atoms with van der Waals surface area (Å²) >= 11 is 5.69. The number of carbonyl (C=O) groups is 1. The van der Waals surface area contributed by atoms with Gasteiger partial charge in [0.25, 0.3) is 0 Å². The van der Waals surface area contributed by atoms with Gasteiger partial charge >= 0.3 is 0 Å². The van der Waals surface area contributed by atoms with Crippen molar-refractivity contribution in [3.8, 4) is 0 Å². The molecule has 1 N–H and O–H groups in total. The lowest BCUT2D eigenvalue weighted by molar-refractivity contribution is -0.119. The zero-order valence-corrected chi connectivity index (χ0v) is 12.0. The van der Waals surface area contributed by atoms with Gasteiger partial charge in [-0.15, -0.1) is 11.6 Å². The zero-order chi connectivity index (χ0) is 13.7. The molecule has 1 fully saturated rings. The Labute approximate surface area is 119 Å². The number of nitrogens with one attached hydrogen (secondary N) is 1. The lowest BCUT2D eigenvalue weighted by Gasteiger charge is -2.10. The van der Waals surface area contributed by atoms with E-state index in [2.05, 4.69) is 11.4 Å². The molecule has 0 bridgehead atoms. The van der Waals surface area contributed by atoms with E-state index < -0.39 is 0 Å². The highest BCUT2D eigenvalue weighted by Gasteiger charge is 2.28. The number of benzene rings is 1. The van der Waals surface area contributed by atoms with Crippen LogP contribution in [0.1, 0.15) is 25.3 Å². The van der Waals surface area contributed by atoms with Crippen LogP contribution in [-0.4, -0.2) is 24.5 Å². The van der Waals surface area contributed by atoms with Crippen molar-refractivity contribution in [1.82, 2.24) is 0 Å². The Bertz CT molecular complexity index is 436. The number of carbonyl (C=O) groups excluding carboxylic acids is 1. The summed E-state index contributed by atoms with van der Waals surface area (Å²) in [5.74, 6) is 0.689. The van der Waals surface area contributed by atoms with Crippen LogP contribution in [0.25, 0.3) is 0 Å². The Morgan fingerprint density at radius 3 is 3.05 bits per heavy atom. The van der Waals surface area contributed by atoms with Crippen molar-refractivity contribution >= 4 is 23.2 Å². The van der Waals surface area contributed by atoms with E-state index >= 15 is 0 Å². The first-order chi connectivity index (χ1) is 9.19. The molecule has 1 aliphatic heterocycles. The fraction of sp³-hybridized carbons (Fsp3) is 0.533. The van der Waals surface area contributed by atoms with Gasteiger partial charge in [-0.05, 0) is 43.9 Å². The van der Waals surface area contributed by atoms with E-state index in [0.29, 0.717) is 12.5 Å². The number of rotatable bonds is 5. The maximum Gasteiger partial charge on any atom is 0.229 e. The van der Waals surface area contributed by atoms with Gasteiger partial charge in [0, 0.05) is 11.6 Å². The van der Waals surface area contributed by atoms with Crippen molar-refractivity contribution in [3.05, 3.63) is 29.8 Å². The fourth-order valence-electron chi connectivity index (χ4n) is 2.32. The van der Waals surface area contributed by atoms with E-state index in [1.165, 1.54) is 5.56 Å². The van der Waals surface area contributed by atoms with Crippen LogP contribution < -0.4 is 5.32 Å². The van der Waals surface area contributed by atoms with Crippen LogP contribution in [0.3, 0.4) is 0 Å². The Kier molecular flexibility index (Phi) is 5.23. The predicted octanol–water partition coefficient (Wildman–Crippen LogP) is 3.22. The molecule has 104 valence electrons. The van der Waals surface area contributed by atoms with Crippen molar-refractivity contribution < 1.29 is 9.53 Å². The van der Waals surface area contributed by atoms with Crippen LogP contribution >= 0.6 is 11.6 Å². The molecular weight excluding hydrogens is 262 g/mol. The standard InChI is InChI=1S/C15H20ClNO2/c1-11-8-13(10-19-11)15(18)17-14-6-2-4-12(9-14)5-3-7-16/h2,4,6,9,11,13H,3,5,7-8,10H2,1H3,(H,17,18). The summed E-state index contributed by atoms with van der Waals surface area (Å²) in [6.07, 6.45) is 2.88. The highest BCUT2D eigenvalue weighted by Crippen LogP contribution is 2.21. The minimum absolute atomic E-state index is 0.0264. The molecule has 1 amide bonds. The number of hydrogen-bond donors (Lipinski definition) is 1. The van der Waals surface area contributed by atoms with Crippen molar-refractivity contribution in [3.63, 3.8) is 0 Å². The van der Waals surface area contributed by atoms with Crippen LogP contribution in [0, 0.1) is 5.92 Å². The third kappa shape index (κ3) is 4.22. The number of aryl methyl sites for hydroxylation is 1. The smallest absolute Gasteiger partial charge is 0.229 e. The topological polar surface area (TPSA) is 38.3 Å². The van der Waals surface area contributed by atoms with Gasteiger partial charge in [-0.25, -0.2) is 0 Å². The normalized spacial score (nSPS) is 22.4. The monoisotopic (exact) mass is 281 g/mol. The van der Waals surface area contributed by atoms with E-state index in [1.807, 2.05) is 25.1 Å². The van der Waals surface area contributed by atoms with Crippen molar-refractivity contribution in [2.45, 2.75) is 32.3 Å². The lowest BCUT2D eigenvalue weighted by atomic mass is 10.0. The Balaban J connectivity index is 1.93. The van der Waals surface area contributed by atoms with Crippen molar-refractivity contribution in [2.24, 2.45) is 5.92 Å². The quantitative estimate of drug-likeness (QED) is 0.842. The number of halogens is 1. The molecule has 1 aliphatic rings. The van der Waals surface area contributed by atoms with Crippen LogP contribution in [0.4, 0.5) is 5.69 Å². The molecule has 3 nitrogen and oxygen atoms in total. The van der Waals surface area contributed by atoms with Gasteiger partial charge < -0.3 is 10.1 Å². The summed E-state index contributed by atoms with van der Waals surface area (Å²) in [7, 11) is 0. The van der Waals surface area contributed by atoms with E-state index in [0.717, 1.165) is 24.9 Å². The highest BCUT2D eigenvalue weighted by atomic mass is 35.5. The number of anilines is 1. The van der Waals surface area contributed by atoms with Gasteiger partial charge in [0.2, 0.25) is 5.91 Å². The molecule has 2 atom stereocenters. The average Bonchev–Trinajstić information content (AvgIpc) is 2.83. The second-order valence-corrected chi connectivity index (χ2v) is 5.44. The molecule has 1 saturated heterocycles. The van der Waals surface area contributed by atoms with E-state index in [1.54, 1.807) is 0 Å². The molecule has 0 aliphatic carbocycles. The maximum absolute atomic E-state index is 12.1. The minimum atomic E-state index is -0.0264. The van der Waals surface area contributed by atoms with E-state index in [-0.39, 0.29) is 17.9 Å². The van der Waals surface area contributed by atoms with Gasteiger partial charge in [-0.3, -0.25) is 4.79 Å². The summed E-state index contributed by atoms with van der Waals surface area (Å²) in [5, 5.41) is 2.97. The Morgan fingerprint density at radius 1 is 1.53 bits per heavy atom. The predicted molar refractivity (Wildman–Crippen MR) is 77.6 cm³/mol. The van der Waals surface area contributed by atoms with Crippen LogP contribution in [0.5, 0.6) is 0 Å². The van der Waals surface area contributed by atoms with Gasteiger partial charge in [0.05, 0.1) is 18.6 Å². The third-order valence-corrected chi connectivity index (χ3v) is 3.63. The third-order valence-electron chi connectivity index (χ3n) is 3.36. The second-order valence-electron chi connectivity index (χ2n) is 5.06. The first-order valence-electron chi connectivity index (χ1n) is 6.76. The summed E-state index contributed by atoms with van der Waals surface area (Å²) in [5.41, 5.74) is 2.06. The minimum Gasteiger partial charge on any atom is -0.378 e. The second kappa shape index (κ2) is 6.92. The van der Waals surface area contributed by atoms with Crippen LogP contribution in [0.15, 0.2) is 24.3 Å². The molecule has 2 unspecified atom stereocenters. The van der Waals surface area contributed by atoms with E-state index in [9.17, 15) is 4.79 Å². The zero-order valence-electron chi connectivity index (χ0n) is 11.2. The van der Waals surface area contributed by atoms with Gasteiger partial charge in [0.1, 0.15) is 0 Å². The number of amides is 1. The van der Waals surface area contributed by atoms with Gasteiger partial charge in [0.15, 0.2) is 0 Å². The van der Waals surface area contributed by atoms with Crippen molar-refractivity contribution in [1.29, 1.82) is 0 Å². The Hall–Kier alpha value is -1.06. The SMILES string of the molecule is CC1CC(C(=O)Nc2cccc(CCCCl)c2)CO1. The van der Waals surface area contributed by atoms with Gasteiger partial charge in [-0.2, -0.15) is 0 Å². The first kappa shape index (κ1) is 14.4. The highest BCUT2D eigenvalue weighted by molar-refractivity contribution is 6.17. The molecular formula is C15H20ClNO2. The summed E-state index contributed by atoms with van der Waals surface area (Å²) in [4.78, 5) is 12.1. The Morgan fingerprint density at radius 2 is 2.37 bits per heavy atom. The molecule has 0 aromatic heterocycles. The summed E-state index contributed by atoms with van der Waals surface area (Å²) in [6, 6.07) is 7.96. The molecule has 1 aromatic carbocycles. The molecule has 2 rings (SSSR count). The lowest BCUT2D eigenvalue weighted by Crippen LogP contribution is -2.23. The summed E-state index contributed by atoms with van der Waals surface area (Å²) < 4.78 is 5.43.